The smallest absolute Gasteiger partial charge is 0.161 e. The number of ether oxygens (including phenoxy) is 3. The van der Waals surface area contributed by atoms with Gasteiger partial charge in [-0.1, -0.05) is 13.0 Å². The molecule has 0 saturated heterocycles. The third-order valence-electron chi connectivity index (χ3n) is 3.02. The monoisotopic (exact) mass is 295 g/mol. The second kappa shape index (κ2) is 9.64. The minimum absolute atomic E-state index is 0.160. The van der Waals surface area contributed by atoms with Crippen molar-refractivity contribution in [2.24, 2.45) is 0 Å². The summed E-state index contributed by atoms with van der Waals surface area (Å²) in [6.07, 6.45) is 0.222. The molecule has 120 valence electrons. The summed E-state index contributed by atoms with van der Waals surface area (Å²) >= 11 is 0. The molecule has 0 aliphatic carbocycles. The Kier molecular flexibility index (Phi) is 8.16. The van der Waals surface area contributed by atoms with Gasteiger partial charge in [0.2, 0.25) is 0 Å². The van der Waals surface area contributed by atoms with Crippen molar-refractivity contribution in [2.45, 2.75) is 46.8 Å². The van der Waals surface area contributed by atoms with Gasteiger partial charge in [-0.2, -0.15) is 0 Å². The summed E-state index contributed by atoms with van der Waals surface area (Å²) in [7, 11) is 0. The lowest BCUT2D eigenvalue weighted by atomic mass is 10.1. The van der Waals surface area contributed by atoms with Gasteiger partial charge in [-0.15, -0.1) is 0 Å². The van der Waals surface area contributed by atoms with Crippen LogP contribution in [-0.4, -0.2) is 32.5 Å². The van der Waals surface area contributed by atoms with Gasteiger partial charge in [0.25, 0.3) is 0 Å². The molecular weight excluding hydrogens is 266 g/mol. The molecule has 1 atom stereocenters. The molecule has 1 N–H and O–H groups in total. The zero-order valence-corrected chi connectivity index (χ0v) is 13.9. The molecule has 4 heteroatoms. The second-order valence-corrected chi connectivity index (χ2v) is 5.06. The first-order valence-corrected chi connectivity index (χ1v) is 7.86. The molecule has 0 aromatic heterocycles. The van der Waals surface area contributed by atoms with E-state index in [4.69, 9.17) is 14.2 Å². The first-order chi connectivity index (χ1) is 10.1. The molecule has 1 aromatic rings. The third kappa shape index (κ3) is 5.94. The molecule has 0 bridgehead atoms. The van der Waals surface area contributed by atoms with Gasteiger partial charge in [-0.25, -0.2) is 0 Å². The van der Waals surface area contributed by atoms with Crippen molar-refractivity contribution in [2.75, 3.05) is 26.4 Å². The van der Waals surface area contributed by atoms with Crippen LogP contribution in [0.1, 0.15) is 46.2 Å². The van der Waals surface area contributed by atoms with Gasteiger partial charge in [0.15, 0.2) is 11.5 Å². The highest BCUT2D eigenvalue weighted by Gasteiger charge is 2.15. The summed E-state index contributed by atoms with van der Waals surface area (Å²) in [5.74, 6) is 1.59. The Balaban J connectivity index is 2.93. The Bertz CT molecular complexity index is 407. The number of hydrogen-bond donors (Lipinski definition) is 1. The fraction of sp³-hybridized carbons (Fsp3) is 0.647. The van der Waals surface area contributed by atoms with Crippen LogP contribution >= 0.6 is 0 Å². The highest BCUT2D eigenvalue weighted by atomic mass is 16.5. The van der Waals surface area contributed by atoms with Gasteiger partial charge in [0.05, 0.1) is 32.0 Å². The molecule has 0 amide bonds. The second-order valence-electron chi connectivity index (χ2n) is 5.06. The summed E-state index contributed by atoms with van der Waals surface area (Å²) in [5.41, 5.74) is 1.16. The lowest BCUT2D eigenvalue weighted by Gasteiger charge is -2.21. The topological polar surface area (TPSA) is 39.7 Å². The SMILES string of the molecule is CCNC(COC(C)C)c1ccc(OCC)c(OCC)c1. The molecule has 1 unspecified atom stereocenters. The van der Waals surface area contributed by atoms with Gasteiger partial charge in [0.1, 0.15) is 0 Å². The average molecular weight is 295 g/mol. The fourth-order valence-corrected chi connectivity index (χ4v) is 2.09. The van der Waals surface area contributed by atoms with E-state index in [1.807, 2.05) is 39.8 Å². The van der Waals surface area contributed by atoms with Crippen LogP contribution in [0.5, 0.6) is 11.5 Å². The molecule has 4 nitrogen and oxygen atoms in total. The summed E-state index contributed by atoms with van der Waals surface area (Å²) in [4.78, 5) is 0. The maximum Gasteiger partial charge on any atom is 0.161 e. The van der Waals surface area contributed by atoms with Gasteiger partial charge in [0, 0.05) is 0 Å². The van der Waals surface area contributed by atoms with E-state index in [1.54, 1.807) is 0 Å². The molecule has 21 heavy (non-hydrogen) atoms. The van der Waals surface area contributed by atoms with Crippen molar-refractivity contribution in [3.8, 4) is 11.5 Å². The number of likely N-dealkylation sites (N-methyl/N-ethyl adjacent to an activating group) is 1. The highest BCUT2D eigenvalue weighted by Crippen LogP contribution is 2.31. The summed E-state index contributed by atoms with van der Waals surface area (Å²) < 4.78 is 17.1. The number of nitrogens with one attached hydrogen (secondary N) is 1. The minimum Gasteiger partial charge on any atom is -0.490 e. The first kappa shape index (κ1) is 17.8. The van der Waals surface area contributed by atoms with Gasteiger partial charge >= 0.3 is 0 Å². The van der Waals surface area contributed by atoms with Gasteiger partial charge < -0.3 is 19.5 Å². The molecule has 0 radical (unpaired) electrons. The Hall–Kier alpha value is -1.26. The van der Waals surface area contributed by atoms with E-state index >= 15 is 0 Å². The molecule has 0 saturated carbocycles. The highest BCUT2D eigenvalue weighted by molar-refractivity contribution is 5.44. The normalized spacial score (nSPS) is 12.5. The van der Waals surface area contributed by atoms with E-state index in [0.717, 1.165) is 23.6 Å². The molecule has 0 aliphatic rings. The van der Waals surface area contributed by atoms with Crippen LogP contribution in [0, 0.1) is 0 Å². The Morgan fingerprint density at radius 1 is 1.00 bits per heavy atom. The van der Waals surface area contributed by atoms with Crippen LogP contribution in [0.3, 0.4) is 0 Å². The quantitative estimate of drug-likeness (QED) is 0.716. The molecule has 0 heterocycles. The van der Waals surface area contributed by atoms with Gasteiger partial charge in [-0.05, 0) is 51.9 Å². The largest absolute Gasteiger partial charge is 0.490 e. The van der Waals surface area contributed by atoms with E-state index < -0.39 is 0 Å². The van der Waals surface area contributed by atoms with E-state index in [1.165, 1.54) is 0 Å². The minimum atomic E-state index is 0.160. The molecule has 1 aromatic carbocycles. The van der Waals surface area contributed by atoms with Crippen LogP contribution in [0.2, 0.25) is 0 Å². The van der Waals surface area contributed by atoms with Crippen molar-refractivity contribution in [1.29, 1.82) is 0 Å². The van der Waals surface area contributed by atoms with Crippen LogP contribution in [0.4, 0.5) is 0 Å². The predicted molar refractivity (Wildman–Crippen MR) is 86.3 cm³/mol. The van der Waals surface area contributed by atoms with E-state index in [-0.39, 0.29) is 12.1 Å². The molecule has 0 fully saturated rings. The zero-order valence-electron chi connectivity index (χ0n) is 13.9. The molecule has 0 aliphatic heterocycles. The van der Waals surface area contributed by atoms with Crippen LogP contribution in [0.25, 0.3) is 0 Å². The summed E-state index contributed by atoms with van der Waals surface area (Å²) in [5, 5.41) is 3.45. The number of benzene rings is 1. The number of hydrogen-bond acceptors (Lipinski definition) is 4. The lowest BCUT2D eigenvalue weighted by Crippen LogP contribution is -2.26. The van der Waals surface area contributed by atoms with Crippen LogP contribution in [-0.2, 0) is 4.74 Å². The molecule has 1 rings (SSSR count). The maximum atomic E-state index is 5.75. The maximum absolute atomic E-state index is 5.75. The van der Waals surface area contributed by atoms with Gasteiger partial charge in [-0.3, -0.25) is 0 Å². The Morgan fingerprint density at radius 3 is 2.24 bits per heavy atom. The lowest BCUT2D eigenvalue weighted by molar-refractivity contribution is 0.0613. The van der Waals surface area contributed by atoms with Crippen LogP contribution < -0.4 is 14.8 Å². The van der Waals surface area contributed by atoms with E-state index in [0.29, 0.717) is 19.8 Å². The Labute approximate surface area is 128 Å². The number of rotatable bonds is 10. The average Bonchev–Trinajstić information content (AvgIpc) is 2.45. The fourth-order valence-electron chi connectivity index (χ4n) is 2.09. The van der Waals surface area contributed by atoms with E-state index in [2.05, 4.69) is 18.3 Å². The zero-order chi connectivity index (χ0) is 15.7. The standard InChI is InChI=1S/C17H29NO3/c1-6-18-15(12-21-13(4)5)14-9-10-16(19-7-2)17(11-14)20-8-3/h9-11,13,15,18H,6-8,12H2,1-5H3. The van der Waals surface area contributed by atoms with E-state index in [9.17, 15) is 0 Å². The van der Waals surface area contributed by atoms with Crippen LogP contribution in [0.15, 0.2) is 18.2 Å². The van der Waals surface area contributed by atoms with Crippen molar-refractivity contribution in [3.05, 3.63) is 23.8 Å². The Morgan fingerprint density at radius 2 is 1.67 bits per heavy atom. The molecular formula is C17H29NO3. The van der Waals surface area contributed by atoms with Crippen molar-refractivity contribution < 1.29 is 14.2 Å². The van der Waals surface area contributed by atoms with Crippen molar-refractivity contribution in [3.63, 3.8) is 0 Å². The van der Waals surface area contributed by atoms with Crippen molar-refractivity contribution in [1.82, 2.24) is 5.32 Å². The first-order valence-electron chi connectivity index (χ1n) is 7.86. The summed E-state index contributed by atoms with van der Waals surface area (Å²) in [6, 6.07) is 6.26. The summed E-state index contributed by atoms with van der Waals surface area (Å²) in [6.45, 7) is 12.9. The molecule has 0 spiro atoms. The van der Waals surface area contributed by atoms with Crippen molar-refractivity contribution >= 4 is 0 Å². The third-order valence-corrected chi connectivity index (χ3v) is 3.02. The predicted octanol–water partition coefficient (Wildman–Crippen LogP) is 3.56.